The second-order valence-corrected chi connectivity index (χ2v) is 5.73. The van der Waals surface area contributed by atoms with Crippen molar-refractivity contribution in [3.05, 3.63) is 47.8 Å². The van der Waals surface area contributed by atoms with Gasteiger partial charge in [0.1, 0.15) is 11.5 Å². The highest BCUT2D eigenvalue weighted by molar-refractivity contribution is 6.10. The fourth-order valence-corrected chi connectivity index (χ4v) is 2.46. The number of nitrogens with two attached hydrogens (primary N) is 1. The van der Waals surface area contributed by atoms with Crippen LogP contribution < -0.4 is 11.1 Å². The van der Waals surface area contributed by atoms with Gasteiger partial charge in [-0.15, -0.1) is 0 Å². The highest BCUT2D eigenvalue weighted by Gasteiger charge is 2.21. The number of carbonyl (C=O) groups is 1. The van der Waals surface area contributed by atoms with Crippen molar-refractivity contribution < 1.29 is 4.79 Å². The molecular formula is C19H24N6O. The first-order valence-corrected chi connectivity index (χ1v) is 8.33. The van der Waals surface area contributed by atoms with E-state index in [1.807, 2.05) is 44.2 Å². The van der Waals surface area contributed by atoms with Gasteiger partial charge in [-0.2, -0.15) is 5.10 Å². The number of nitrogens with zero attached hydrogens (tertiary/aromatic N) is 4. The number of rotatable bonds is 7. The minimum absolute atomic E-state index is 0.254. The zero-order valence-corrected chi connectivity index (χ0v) is 15.3. The SMILES string of the molecule is C=N/C=C(\C=NC)c1nn(-c2ccccc2)c(NC(=O)C(N)CC)c1C. The predicted octanol–water partition coefficient (Wildman–Crippen LogP) is 2.60. The molecule has 0 spiro atoms. The number of aromatic nitrogens is 2. The molecule has 0 saturated carbocycles. The van der Waals surface area contributed by atoms with Crippen LogP contribution in [0.15, 0.2) is 46.5 Å². The van der Waals surface area contributed by atoms with Crippen molar-refractivity contribution >= 4 is 30.2 Å². The van der Waals surface area contributed by atoms with Gasteiger partial charge in [-0.1, -0.05) is 25.1 Å². The number of anilines is 1. The monoisotopic (exact) mass is 352 g/mol. The topological polar surface area (TPSA) is 97.7 Å². The molecule has 0 fully saturated rings. The van der Waals surface area contributed by atoms with Gasteiger partial charge in [-0.05, 0) is 32.2 Å². The first-order chi connectivity index (χ1) is 12.5. The van der Waals surface area contributed by atoms with Gasteiger partial charge in [-0.3, -0.25) is 14.8 Å². The lowest BCUT2D eigenvalue weighted by molar-refractivity contribution is -0.117. The third kappa shape index (κ3) is 4.12. The summed E-state index contributed by atoms with van der Waals surface area (Å²) in [5.74, 6) is 0.315. The van der Waals surface area contributed by atoms with Crippen LogP contribution in [0.4, 0.5) is 5.82 Å². The molecule has 0 saturated heterocycles. The van der Waals surface area contributed by atoms with Crippen molar-refractivity contribution in [1.29, 1.82) is 0 Å². The molecule has 0 aliphatic carbocycles. The molecule has 7 heteroatoms. The molecule has 1 aromatic heterocycles. The van der Waals surface area contributed by atoms with E-state index in [1.54, 1.807) is 24.1 Å². The molecule has 1 heterocycles. The van der Waals surface area contributed by atoms with E-state index in [0.717, 1.165) is 11.3 Å². The molecule has 136 valence electrons. The zero-order chi connectivity index (χ0) is 19.1. The van der Waals surface area contributed by atoms with Crippen molar-refractivity contribution in [2.24, 2.45) is 15.7 Å². The standard InChI is InChI=1S/C19H24N6O/c1-5-16(20)19(26)23-18-13(2)17(14(11-21-3)12-22-4)24-25(18)15-9-7-6-8-10-15/h6-12,16H,3,5,20H2,1-2,4H3,(H,23,26)/b14-11+,22-12?. The average Bonchev–Trinajstić information content (AvgIpc) is 2.98. The molecule has 3 N–H and O–H groups in total. The molecule has 26 heavy (non-hydrogen) atoms. The summed E-state index contributed by atoms with van der Waals surface area (Å²) in [6.45, 7) is 7.25. The van der Waals surface area contributed by atoms with E-state index in [0.29, 0.717) is 23.5 Å². The van der Waals surface area contributed by atoms with E-state index in [-0.39, 0.29) is 5.91 Å². The molecule has 0 aliphatic rings. The minimum Gasteiger partial charge on any atom is -0.320 e. The van der Waals surface area contributed by atoms with Crippen LogP contribution in [0.5, 0.6) is 0 Å². The number of aliphatic imine (C=N–C) groups is 2. The molecule has 7 nitrogen and oxygen atoms in total. The van der Waals surface area contributed by atoms with Gasteiger partial charge >= 0.3 is 0 Å². The van der Waals surface area contributed by atoms with Crippen molar-refractivity contribution in [2.75, 3.05) is 12.4 Å². The van der Waals surface area contributed by atoms with E-state index in [2.05, 4.69) is 27.1 Å². The van der Waals surface area contributed by atoms with E-state index >= 15 is 0 Å². The Balaban J connectivity index is 2.62. The maximum absolute atomic E-state index is 12.4. The lowest BCUT2D eigenvalue weighted by Gasteiger charge is -2.13. The highest BCUT2D eigenvalue weighted by atomic mass is 16.2. The van der Waals surface area contributed by atoms with Crippen LogP contribution in [0, 0.1) is 6.92 Å². The Bertz CT molecular complexity index is 835. The number of amides is 1. The molecular weight excluding hydrogens is 328 g/mol. The number of nitrogens with one attached hydrogen (secondary N) is 1. The van der Waals surface area contributed by atoms with Crippen molar-refractivity contribution in [3.63, 3.8) is 0 Å². The van der Waals surface area contributed by atoms with Gasteiger partial charge in [0.15, 0.2) is 0 Å². The molecule has 0 aliphatic heterocycles. The number of para-hydroxylation sites is 1. The molecule has 1 aromatic carbocycles. The lowest BCUT2D eigenvalue weighted by atomic mass is 10.1. The zero-order valence-electron chi connectivity index (χ0n) is 15.3. The summed E-state index contributed by atoms with van der Waals surface area (Å²) in [6.07, 6.45) is 3.79. The molecule has 2 aromatic rings. The molecule has 1 unspecified atom stereocenters. The van der Waals surface area contributed by atoms with Gasteiger partial charge in [-0.25, -0.2) is 4.68 Å². The smallest absolute Gasteiger partial charge is 0.242 e. The average molecular weight is 352 g/mol. The van der Waals surface area contributed by atoms with Gasteiger partial charge in [0.05, 0.1) is 11.7 Å². The van der Waals surface area contributed by atoms with Crippen LogP contribution in [0.3, 0.4) is 0 Å². The minimum atomic E-state index is -0.584. The summed E-state index contributed by atoms with van der Waals surface area (Å²) >= 11 is 0. The third-order valence-electron chi connectivity index (χ3n) is 3.91. The normalized spacial score (nSPS) is 13.0. The second-order valence-electron chi connectivity index (χ2n) is 5.73. The van der Waals surface area contributed by atoms with E-state index in [9.17, 15) is 4.79 Å². The van der Waals surface area contributed by atoms with E-state index in [4.69, 9.17) is 5.73 Å². The largest absolute Gasteiger partial charge is 0.320 e. The maximum atomic E-state index is 12.4. The maximum Gasteiger partial charge on any atom is 0.242 e. The number of carbonyl (C=O) groups excluding carboxylic acids is 1. The molecule has 1 atom stereocenters. The second kappa shape index (κ2) is 8.87. The van der Waals surface area contributed by atoms with Crippen molar-refractivity contribution in [2.45, 2.75) is 26.3 Å². The van der Waals surface area contributed by atoms with Crippen LogP contribution in [0.2, 0.25) is 0 Å². The van der Waals surface area contributed by atoms with Gasteiger partial charge < -0.3 is 11.1 Å². The number of benzene rings is 1. The predicted molar refractivity (Wildman–Crippen MR) is 107 cm³/mol. The van der Waals surface area contributed by atoms with Crippen LogP contribution in [-0.4, -0.2) is 41.7 Å². The fourth-order valence-electron chi connectivity index (χ4n) is 2.46. The first-order valence-electron chi connectivity index (χ1n) is 8.33. The van der Waals surface area contributed by atoms with Gasteiger partial charge in [0, 0.05) is 30.6 Å². The summed E-state index contributed by atoms with van der Waals surface area (Å²) in [4.78, 5) is 20.2. The number of hydrogen-bond acceptors (Lipinski definition) is 5. The fraction of sp³-hybridized carbons (Fsp3) is 0.263. The summed E-state index contributed by atoms with van der Waals surface area (Å²) in [5, 5.41) is 7.58. The quantitative estimate of drug-likeness (QED) is 0.749. The molecule has 1 amide bonds. The molecule has 0 radical (unpaired) electrons. The first kappa shape index (κ1) is 19.3. The molecule has 0 bridgehead atoms. The van der Waals surface area contributed by atoms with E-state index in [1.165, 1.54) is 0 Å². The van der Waals surface area contributed by atoms with Crippen LogP contribution in [0.1, 0.15) is 24.6 Å². The van der Waals surface area contributed by atoms with Crippen LogP contribution in [0.25, 0.3) is 11.3 Å². The summed E-state index contributed by atoms with van der Waals surface area (Å²) in [5.41, 5.74) is 8.84. The van der Waals surface area contributed by atoms with Crippen molar-refractivity contribution in [3.8, 4) is 5.69 Å². The Morgan fingerprint density at radius 3 is 2.69 bits per heavy atom. The molecule has 2 rings (SSSR count). The van der Waals surface area contributed by atoms with Crippen LogP contribution >= 0.6 is 0 Å². The Kier molecular flexibility index (Phi) is 6.57. The van der Waals surface area contributed by atoms with Gasteiger partial charge in [0.25, 0.3) is 0 Å². The van der Waals surface area contributed by atoms with Gasteiger partial charge in [0.2, 0.25) is 5.91 Å². The summed E-state index contributed by atoms with van der Waals surface area (Å²) in [6, 6.07) is 8.97. The Hall–Kier alpha value is -3.06. The number of hydrogen-bond donors (Lipinski definition) is 2. The van der Waals surface area contributed by atoms with Crippen LogP contribution in [-0.2, 0) is 4.79 Å². The Morgan fingerprint density at radius 1 is 1.42 bits per heavy atom. The summed E-state index contributed by atoms with van der Waals surface area (Å²) < 4.78 is 1.69. The number of allylic oxidation sites excluding steroid dienone is 1. The van der Waals surface area contributed by atoms with E-state index < -0.39 is 6.04 Å². The Morgan fingerprint density at radius 2 is 2.12 bits per heavy atom. The highest BCUT2D eigenvalue weighted by Crippen LogP contribution is 2.27. The third-order valence-corrected chi connectivity index (χ3v) is 3.91. The lowest BCUT2D eigenvalue weighted by Crippen LogP contribution is -2.35. The summed E-state index contributed by atoms with van der Waals surface area (Å²) in [7, 11) is 1.67. The Labute approximate surface area is 153 Å². The van der Waals surface area contributed by atoms with Crippen molar-refractivity contribution in [1.82, 2.24) is 9.78 Å².